The molecule has 0 aliphatic heterocycles. The van der Waals surface area contributed by atoms with Crippen LogP contribution in [0.5, 0.6) is 5.75 Å². The predicted octanol–water partition coefficient (Wildman–Crippen LogP) is 5.94. The van der Waals surface area contributed by atoms with Crippen molar-refractivity contribution in [1.29, 1.82) is 0 Å². The van der Waals surface area contributed by atoms with Gasteiger partial charge in [0.2, 0.25) is 5.89 Å². The Bertz CT molecular complexity index is 1180. The van der Waals surface area contributed by atoms with E-state index in [1.54, 1.807) is 12.5 Å². The first kappa shape index (κ1) is 24.0. The van der Waals surface area contributed by atoms with Gasteiger partial charge in [0.25, 0.3) is 0 Å². The molecular weight excluding hydrogens is 494 g/mol. The molecule has 0 unspecified atom stereocenters. The van der Waals surface area contributed by atoms with E-state index in [0.29, 0.717) is 18.9 Å². The van der Waals surface area contributed by atoms with Crippen LogP contribution in [0.1, 0.15) is 41.4 Å². The molecule has 4 aromatic rings. The lowest BCUT2D eigenvalue weighted by atomic mass is 10.1. The quantitative estimate of drug-likeness (QED) is 0.233. The minimum absolute atomic E-state index is 0.132. The number of halogens is 1. The van der Waals surface area contributed by atoms with Crippen LogP contribution >= 0.6 is 15.9 Å². The number of ether oxygens (including phenoxy) is 1. The number of rotatable bonds is 12. The number of oxazole rings is 1. The highest BCUT2D eigenvalue weighted by molar-refractivity contribution is 9.10. The van der Waals surface area contributed by atoms with Crippen LogP contribution < -0.4 is 4.74 Å². The first-order valence-electron chi connectivity index (χ1n) is 11.4. The van der Waals surface area contributed by atoms with Crippen molar-refractivity contribution in [2.45, 2.75) is 38.8 Å². The Kier molecular flexibility index (Phi) is 8.71. The van der Waals surface area contributed by atoms with E-state index in [2.05, 4.69) is 42.6 Å². The average molecular weight is 522 g/mol. The summed E-state index contributed by atoms with van der Waals surface area (Å²) in [5.41, 5.74) is 3.11. The number of aryl methyl sites for hydroxylation is 2. The van der Waals surface area contributed by atoms with E-state index in [4.69, 9.17) is 14.3 Å². The summed E-state index contributed by atoms with van der Waals surface area (Å²) in [4.78, 5) is 8.75. The molecule has 0 radical (unpaired) electrons. The summed E-state index contributed by atoms with van der Waals surface area (Å²) in [6.07, 6.45) is 13.0. The lowest BCUT2D eigenvalue weighted by molar-refractivity contribution is 0.294. The van der Waals surface area contributed by atoms with Crippen molar-refractivity contribution in [1.82, 2.24) is 14.5 Å². The normalized spacial score (nSPS) is 11.4. The highest BCUT2D eigenvalue weighted by atomic mass is 79.9. The summed E-state index contributed by atoms with van der Waals surface area (Å²) < 4.78 is 14.6. The van der Waals surface area contributed by atoms with Crippen LogP contribution in [0.25, 0.3) is 12.2 Å². The molecule has 6 nitrogen and oxygen atoms in total. The molecule has 2 aromatic carbocycles. The molecule has 176 valence electrons. The molecule has 4 rings (SSSR count). The summed E-state index contributed by atoms with van der Waals surface area (Å²) in [5.74, 6) is 2.31. The van der Waals surface area contributed by atoms with Crippen molar-refractivity contribution in [3.8, 4) is 5.75 Å². The van der Waals surface area contributed by atoms with Gasteiger partial charge >= 0.3 is 0 Å². The number of hydrogen-bond donors (Lipinski definition) is 1. The SMILES string of the molecule is OCCc1nccn1CCCCc1ccc(OCc2coc(C=Cc3ccc(Br)cc3)n2)cc1. The number of aromatic nitrogens is 3. The van der Waals surface area contributed by atoms with Gasteiger partial charge in [0, 0.05) is 35.9 Å². The van der Waals surface area contributed by atoms with Crippen molar-refractivity contribution in [2.75, 3.05) is 6.61 Å². The van der Waals surface area contributed by atoms with Crippen molar-refractivity contribution < 1.29 is 14.3 Å². The van der Waals surface area contributed by atoms with E-state index in [0.717, 1.165) is 53.1 Å². The molecule has 0 saturated heterocycles. The van der Waals surface area contributed by atoms with Crippen molar-refractivity contribution in [2.24, 2.45) is 0 Å². The molecule has 0 spiro atoms. The number of aliphatic hydroxyl groups is 1. The third-order valence-corrected chi connectivity index (χ3v) is 5.95. The Morgan fingerprint density at radius 1 is 1.00 bits per heavy atom. The molecular formula is C27H28BrN3O3. The largest absolute Gasteiger partial charge is 0.487 e. The highest BCUT2D eigenvalue weighted by Gasteiger charge is 2.04. The van der Waals surface area contributed by atoms with Gasteiger partial charge in [0.1, 0.15) is 30.1 Å². The molecule has 2 aromatic heterocycles. The standard InChI is InChI=1S/C27H28BrN3O3/c28-23-9-4-22(5-10-23)8-13-27-30-24(20-34-27)19-33-25-11-6-21(7-12-25)3-1-2-16-31-17-15-29-26(31)14-18-32/h4-13,15,17,20,32H,1-3,14,16,18-19H2. The molecule has 0 saturated carbocycles. The van der Waals surface area contributed by atoms with Crippen LogP contribution in [-0.4, -0.2) is 26.2 Å². The van der Waals surface area contributed by atoms with Crippen LogP contribution in [0.15, 0.2) is 76.1 Å². The third-order valence-electron chi connectivity index (χ3n) is 5.42. The molecule has 7 heteroatoms. The van der Waals surface area contributed by atoms with E-state index in [-0.39, 0.29) is 6.61 Å². The number of unbranched alkanes of at least 4 members (excludes halogenated alkanes) is 1. The fraction of sp³-hybridized carbons (Fsp3) is 0.259. The smallest absolute Gasteiger partial charge is 0.218 e. The topological polar surface area (TPSA) is 73.3 Å². The average Bonchev–Trinajstić information content (AvgIpc) is 3.50. The first-order chi connectivity index (χ1) is 16.7. The van der Waals surface area contributed by atoms with Crippen LogP contribution in [0.4, 0.5) is 0 Å². The second-order valence-electron chi connectivity index (χ2n) is 7.96. The minimum Gasteiger partial charge on any atom is -0.487 e. The van der Waals surface area contributed by atoms with Crippen LogP contribution in [0.3, 0.4) is 0 Å². The molecule has 0 amide bonds. The molecule has 1 N–H and O–H groups in total. The number of aliphatic hydroxyl groups excluding tert-OH is 1. The molecule has 0 fully saturated rings. The van der Waals surface area contributed by atoms with Gasteiger partial charge in [0.05, 0.1) is 6.61 Å². The maximum Gasteiger partial charge on any atom is 0.218 e. The zero-order valence-electron chi connectivity index (χ0n) is 18.9. The molecule has 0 bridgehead atoms. The Morgan fingerprint density at radius 2 is 1.82 bits per heavy atom. The molecule has 34 heavy (non-hydrogen) atoms. The zero-order valence-corrected chi connectivity index (χ0v) is 20.5. The first-order valence-corrected chi connectivity index (χ1v) is 12.2. The highest BCUT2D eigenvalue weighted by Crippen LogP contribution is 2.17. The monoisotopic (exact) mass is 521 g/mol. The summed E-state index contributed by atoms with van der Waals surface area (Å²) in [5, 5.41) is 9.10. The number of benzene rings is 2. The number of nitrogens with zero attached hydrogens (tertiary/aromatic N) is 3. The van der Waals surface area contributed by atoms with Gasteiger partial charge in [-0.2, -0.15) is 0 Å². The van der Waals surface area contributed by atoms with Gasteiger partial charge in [-0.15, -0.1) is 0 Å². The molecule has 0 aliphatic rings. The van der Waals surface area contributed by atoms with E-state index in [9.17, 15) is 0 Å². The van der Waals surface area contributed by atoms with E-state index in [1.807, 2.05) is 54.7 Å². The third kappa shape index (κ3) is 7.17. The number of imidazole rings is 1. The summed E-state index contributed by atoms with van der Waals surface area (Å²) in [7, 11) is 0. The lowest BCUT2D eigenvalue weighted by Gasteiger charge is -2.08. The Labute approximate surface area is 208 Å². The van der Waals surface area contributed by atoms with Gasteiger partial charge < -0.3 is 18.8 Å². The van der Waals surface area contributed by atoms with Crippen LogP contribution in [0, 0.1) is 0 Å². The molecule has 0 aliphatic carbocycles. The van der Waals surface area contributed by atoms with Gasteiger partial charge in [-0.05, 0) is 60.7 Å². The molecule has 0 atom stereocenters. The second-order valence-corrected chi connectivity index (χ2v) is 8.88. The summed E-state index contributed by atoms with van der Waals surface area (Å²) in [6.45, 7) is 1.41. The fourth-order valence-electron chi connectivity index (χ4n) is 3.60. The van der Waals surface area contributed by atoms with Crippen molar-refractivity contribution in [3.05, 3.63) is 100 Å². The maximum absolute atomic E-state index is 9.10. The fourth-order valence-corrected chi connectivity index (χ4v) is 3.86. The maximum atomic E-state index is 9.10. The van der Waals surface area contributed by atoms with Gasteiger partial charge in [-0.1, -0.05) is 40.2 Å². The van der Waals surface area contributed by atoms with Gasteiger partial charge in [-0.25, -0.2) is 9.97 Å². The van der Waals surface area contributed by atoms with E-state index < -0.39 is 0 Å². The Morgan fingerprint density at radius 3 is 2.62 bits per heavy atom. The second kappa shape index (κ2) is 12.3. The van der Waals surface area contributed by atoms with Gasteiger partial charge in [0.15, 0.2) is 0 Å². The van der Waals surface area contributed by atoms with Crippen LogP contribution in [-0.2, 0) is 26.0 Å². The van der Waals surface area contributed by atoms with Gasteiger partial charge in [-0.3, -0.25) is 0 Å². The van der Waals surface area contributed by atoms with E-state index >= 15 is 0 Å². The number of hydrogen-bond acceptors (Lipinski definition) is 5. The van der Waals surface area contributed by atoms with Crippen molar-refractivity contribution >= 4 is 28.1 Å². The summed E-state index contributed by atoms with van der Waals surface area (Å²) >= 11 is 3.43. The van der Waals surface area contributed by atoms with Crippen molar-refractivity contribution in [3.63, 3.8) is 0 Å². The summed E-state index contributed by atoms with van der Waals surface area (Å²) in [6, 6.07) is 16.3. The predicted molar refractivity (Wildman–Crippen MR) is 136 cm³/mol. The Balaban J connectivity index is 1.19. The van der Waals surface area contributed by atoms with E-state index in [1.165, 1.54) is 5.56 Å². The zero-order chi connectivity index (χ0) is 23.6. The molecule has 2 heterocycles. The Hall–Kier alpha value is -3.16. The van der Waals surface area contributed by atoms with Crippen LogP contribution in [0.2, 0.25) is 0 Å². The minimum atomic E-state index is 0.132. The lowest BCUT2D eigenvalue weighted by Crippen LogP contribution is -2.05.